The standard InChI is InChI=1S/C11H14BrFO3S/c1-8-6-9(13)7-10(12)11(8)16-4-3-5-17(2,14)15/h6-7H,3-5H2,1-2H3. The zero-order valence-corrected chi connectivity index (χ0v) is 12.1. The summed E-state index contributed by atoms with van der Waals surface area (Å²) in [5.41, 5.74) is 0.677. The molecule has 0 unspecified atom stereocenters. The summed E-state index contributed by atoms with van der Waals surface area (Å²) in [5, 5.41) is 0. The maximum atomic E-state index is 13.0. The molecule has 0 aromatic heterocycles. The van der Waals surface area contributed by atoms with Gasteiger partial charge in [0.25, 0.3) is 0 Å². The number of aryl methyl sites for hydroxylation is 1. The van der Waals surface area contributed by atoms with Crippen molar-refractivity contribution in [2.45, 2.75) is 13.3 Å². The molecule has 0 atom stereocenters. The van der Waals surface area contributed by atoms with Crippen LogP contribution in [-0.2, 0) is 9.84 Å². The summed E-state index contributed by atoms with van der Waals surface area (Å²) >= 11 is 3.21. The highest BCUT2D eigenvalue weighted by molar-refractivity contribution is 9.10. The molecule has 6 heteroatoms. The van der Waals surface area contributed by atoms with Gasteiger partial charge in [-0.05, 0) is 47.0 Å². The molecule has 1 aromatic carbocycles. The Morgan fingerprint density at radius 2 is 2.06 bits per heavy atom. The lowest BCUT2D eigenvalue weighted by molar-refractivity contribution is 0.313. The lowest BCUT2D eigenvalue weighted by Gasteiger charge is -2.10. The zero-order valence-electron chi connectivity index (χ0n) is 9.66. The van der Waals surface area contributed by atoms with Crippen molar-refractivity contribution < 1.29 is 17.5 Å². The van der Waals surface area contributed by atoms with Gasteiger partial charge in [0, 0.05) is 6.26 Å². The number of halogens is 2. The third-order valence-corrected chi connectivity index (χ3v) is 3.72. The molecule has 0 N–H and O–H groups in total. The maximum Gasteiger partial charge on any atom is 0.147 e. The SMILES string of the molecule is Cc1cc(F)cc(Br)c1OCCCS(C)(=O)=O. The van der Waals surface area contributed by atoms with Gasteiger partial charge >= 0.3 is 0 Å². The molecule has 0 saturated heterocycles. The van der Waals surface area contributed by atoms with Crippen LogP contribution in [0, 0.1) is 12.7 Å². The van der Waals surface area contributed by atoms with E-state index >= 15 is 0 Å². The van der Waals surface area contributed by atoms with E-state index in [1.165, 1.54) is 18.4 Å². The fraction of sp³-hybridized carbons (Fsp3) is 0.455. The van der Waals surface area contributed by atoms with Crippen molar-refractivity contribution in [2.75, 3.05) is 18.6 Å². The van der Waals surface area contributed by atoms with Crippen LogP contribution < -0.4 is 4.74 Å². The summed E-state index contributed by atoms with van der Waals surface area (Å²) in [5.74, 6) is 0.308. The molecule has 0 fully saturated rings. The van der Waals surface area contributed by atoms with Crippen LogP contribution in [0.4, 0.5) is 4.39 Å². The molecule has 0 heterocycles. The first-order valence-corrected chi connectivity index (χ1v) is 7.91. The van der Waals surface area contributed by atoms with Crippen LogP contribution in [0.15, 0.2) is 16.6 Å². The van der Waals surface area contributed by atoms with Gasteiger partial charge in [-0.25, -0.2) is 12.8 Å². The van der Waals surface area contributed by atoms with E-state index < -0.39 is 9.84 Å². The molecule has 0 radical (unpaired) electrons. The van der Waals surface area contributed by atoms with Crippen molar-refractivity contribution in [3.05, 3.63) is 28.0 Å². The third-order valence-electron chi connectivity index (χ3n) is 2.10. The molecule has 1 aromatic rings. The fourth-order valence-corrected chi connectivity index (χ4v) is 2.66. The van der Waals surface area contributed by atoms with E-state index in [-0.39, 0.29) is 18.2 Å². The van der Waals surface area contributed by atoms with Gasteiger partial charge in [0.15, 0.2) is 0 Å². The molecule has 96 valence electrons. The lowest BCUT2D eigenvalue weighted by atomic mass is 10.2. The Bertz CT molecular complexity index is 476. The summed E-state index contributed by atoms with van der Waals surface area (Å²) in [4.78, 5) is 0. The minimum atomic E-state index is -2.96. The number of sulfone groups is 1. The number of hydrogen-bond donors (Lipinski definition) is 0. The molecule has 1 rings (SSSR count). The van der Waals surface area contributed by atoms with Crippen molar-refractivity contribution in [3.8, 4) is 5.75 Å². The Kier molecular flexibility index (Phi) is 4.94. The van der Waals surface area contributed by atoms with Crippen molar-refractivity contribution >= 4 is 25.8 Å². The van der Waals surface area contributed by atoms with Crippen LogP contribution in [0.2, 0.25) is 0 Å². The molecule has 3 nitrogen and oxygen atoms in total. The van der Waals surface area contributed by atoms with E-state index in [1.807, 2.05) is 0 Å². The largest absolute Gasteiger partial charge is 0.492 e. The molecule has 0 saturated carbocycles. The average molecular weight is 325 g/mol. The topological polar surface area (TPSA) is 43.4 Å². The second-order valence-corrected chi connectivity index (χ2v) is 6.98. The van der Waals surface area contributed by atoms with Crippen molar-refractivity contribution in [3.63, 3.8) is 0 Å². The Hall–Kier alpha value is -0.620. The second-order valence-electron chi connectivity index (χ2n) is 3.87. The zero-order chi connectivity index (χ0) is 13.1. The van der Waals surface area contributed by atoms with Gasteiger partial charge in [-0.15, -0.1) is 0 Å². The molecular formula is C11H14BrFO3S. The Labute approximate surface area is 109 Å². The number of benzene rings is 1. The maximum absolute atomic E-state index is 13.0. The second kappa shape index (κ2) is 5.82. The fourth-order valence-electron chi connectivity index (χ4n) is 1.37. The van der Waals surface area contributed by atoms with Crippen molar-refractivity contribution in [1.29, 1.82) is 0 Å². The van der Waals surface area contributed by atoms with Crippen LogP contribution in [0.3, 0.4) is 0 Å². The van der Waals surface area contributed by atoms with Gasteiger partial charge < -0.3 is 4.74 Å². The molecule has 17 heavy (non-hydrogen) atoms. The van der Waals surface area contributed by atoms with Gasteiger partial charge in [0.1, 0.15) is 21.4 Å². The highest BCUT2D eigenvalue weighted by Crippen LogP contribution is 2.29. The first kappa shape index (κ1) is 14.4. The highest BCUT2D eigenvalue weighted by atomic mass is 79.9. The summed E-state index contributed by atoms with van der Waals surface area (Å²) in [6, 6.07) is 2.69. The van der Waals surface area contributed by atoms with Crippen LogP contribution in [0.25, 0.3) is 0 Å². The van der Waals surface area contributed by atoms with Crippen molar-refractivity contribution in [2.24, 2.45) is 0 Å². The van der Waals surface area contributed by atoms with E-state index in [0.717, 1.165) is 0 Å². The van der Waals surface area contributed by atoms with Crippen molar-refractivity contribution in [1.82, 2.24) is 0 Å². The Balaban J connectivity index is 2.58. The van der Waals surface area contributed by atoms with Gasteiger partial charge in [-0.1, -0.05) is 0 Å². The quantitative estimate of drug-likeness (QED) is 0.782. The van der Waals surface area contributed by atoms with Gasteiger partial charge in [0.05, 0.1) is 16.8 Å². The summed E-state index contributed by atoms with van der Waals surface area (Å²) < 4.78 is 40.8. The monoisotopic (exact) mass is 324 g/mol. The van der Waals surface area contributed by atoms with E-state index in [9.17, 15) is 12.8 Å². The molecule has 0 aliphatic carbocycles. The number of hydrogen-bond acceptors (Lipinski definition) is 3. The van der Waals surface area contributed by atoms with Crippen LogP contribution in [0.1, 0.15) is 12.0 Å². The van der Waals surface area contributed by atoms with E-state index in [0.29, 0.717) is 22.2 Å². The van der Waals surface area contributed by atoms with Crippen LogP contribution in [0.5, 0.6) is 5.75 Å². The first-order chi connectivity index (χ1) is 7.79. The third kappa shape index (κ3) is 5.04. The highest BCUT2D eigenvalue weighted by Gasteiger charge is 2.08. The molecular weight excluding hydrogens is 311 g/mol. The Morgan fingerprint density at radius 3 is 2.59 bits per heavy atom. The van der Waals surface area contributed by atoms with E-state index in [1.54, 1.807) is 6.92 Å². The Morgan fingerprint density at radius 1 is 1.41 bits per heavy atom. The molecule has 0 spiro atoms. The van der Waals surface area contributed by atoms with E-state index in [2.05, 4.69) is 15.9 Å². The molecule has 0 aliphatic rings. The minimum Gasteiger partial charge on any atom is -0.492 e. The molecule has 0 amide bonds. The van der Waals surface area contributed by atoms with E-state index in [4.69, 9.17) is 4.74 Å². The van der Waals surface area contributed by atoms with Gasteiger partial charge in [-0.2, -0.15) is 0 Å². The predicted octanol–water partition coefficient (Wildman–Crippen LogP) is 2.71. The summed E-state index contributed by atoms with van der Waals surface area (Å²) in [6.07, 6.45) is 1.61. The minimum absolute atomic E-state index is 0.0882. The summed E-state index contributed by atoms with van der Waals surface area (Å²) in [7, 11) is -2.96. The van der Waals surface area contributed by atoms with Crippen LogP contribution in [-0.4, -0.2) is 27.0 Å². The lowest BCUT2D eigenvalue weighted by Crippen LogP contribution is -2.08. The number of rotatable bonds is 5. The van der Waals surface area contributed by atoms with Crippen LogP contribution >= 0.6 is 15.9 Å². The molecule has 0 bridgehead atoms. The normalized spacial score (nSPS) is 11.5. The number of ether oxygens (including phenoxy) is 1. The summed E-state index contributed by atoms with van der Waals surface area (Å²) in [6.45, 7) is 2.03. The van der Waals surface area contributed by atoms with Gasteiger partial charge in [0.2, 0.25) is 0 Å². The predicted molar refractivity (Wildman–Crippen MR) is 68.7 cm³/mol. The first-order valence-electron chi connectivity index (χ1n) is 5.06. The van der Waals surface area contributed by atoms with Gasteiger partial charge in [-0.3, -0.25) is 0 Å². The molecule has 0 aliphatic heterocycles. The smallest absolute Gasteiger partial charge is 0.147 e. The average Bonchev–Trinajstić information content (AvgIpc) is 2.13.